The second kappa shape index (κ2) is 6.32. The zero-order valence-electron chi connectivity index (χ0n) is 13.4. The maximum Gasteiger partial charge on any atom is 0.0397 e. The molecular weight excluding hydrogens is 260 g/mol. The summed E-state index contributed by atoms with van der Waals surface area (Å²) in [6.45, 7) is 3.45. The van der Waals surface area contributed by atoms with E-state index in [4.69, 9.17) is 0 Å². The maximum absolute atomic E-state index is 4.10. The van der Waals surface area contributed by atoms with Gasteiger partial charge in [0.05, 0.1) is 0 Å². The predicted octanol–water partition coefficient (Wildman–Crippen LogP) is 2.12. The van der Waals surface area contributed by atoms with Crippen LogP contribution in [0.25, 0.3) is 0 Å². The molecule has 1 aromatic rings. The molecule has 0 bridgehead atoms. The fourth-order valence-electron chi connectivity index (χ4n) is 3.60. The second-order valence-corrected chi connectivity index (χ2v) is 6.82. The highest BCUT2D eigenvalue weighted by atomic mass is 15.2. The topological polar surface area (TPSA) is 31.4 Å². The van der Waals surface area contributed by atoms with Crippen LogP contribution in [0.3, 0.4) is 0 Å². The molecule has 116 valence electrons. The summed E-state index contributed by atoms with van der Waals surface area (Å²) >= 11 is 0. The Kier molecular flexibility index (Phi) is 4.45. The Morgan fingerprint density at radius 2 is 1.90 bits per heavy atom. The number of nitrogens with zero attached hydrogens (tertiary/aromatic N) is 3. The molecule has 0 radical (unpaired) electrons. The van der Waals surface area contributed by atoms with Crippen LogP contribution in [0.15, 0.2) is 24.5 Å². The molecule has 1 aliphatic heterocycles. The van der Waals surface area contributed by atoms with Crippen LogP contribution in [0.4, 0.5) is 5.69 Å². The summed E-state index contributed by atoms with van der Waals surface area (Å²) in [6, 6.07) is 4.91. The molecule has 1 N–H and O–H groups in total. The third kappa shape index (κ3) is 3.22. The summed E-state index contributed by atoms with van der Waals surface area (Å²) in [4.78, 5) is 9.00. The van der Waals surface area contributed by atoms with E-state index < -0.39 is 0 Å². The summed E-state index contributed by atoms with van der Waals surface area (Å²) in [5.41, 5.74) is 1.74. The highest BCUT2D eigenvalue weighted by Gasteiger charge is 2.39. The fraction of sp³-hybridized carbons (Fsp3) is 0.706. The first-order chi connectivity index (χ1) is 10.2. The first kappa shape index (κ1) is 14.8. The van der Waals surface area contributed by atoms with Crippen molar-refractivity contribution in [3.05, 3.63) is 24.5 Å². The number of hydrogen-bond donors (Lipinski definition) is 1. The number of pyridine rings is 1. The van der Waals surface area contributed by atoms with Crippen LogP contribution >= 0.6 is 0 Å². The number of piperidine rings is 1. The molecule has 2 heterocycles. The SMILES string of the molecule is CN(C)C1(CNC2CCN(c3ccncc3)CC2)CCC1. The van der Waals surface area contributed by atoms with E-state index in [0.717, 1.165) is 19.6 Å². The average Bonchev–Trinajstić information content (AvgIpc) is 2.47. The number of nitrogens with one attached hydrogen (secondary N) is 1. The molecule has 1 saturated carbocycles. The summed E-state index contributed by atoms with van der Waals surface area (Å²) in [6.07, 6.45) is 10.3. The van der Waals surface area contributed by atoms with Gasteiger partial charge in [0.2, 0.25) is 0 Å². The molecular formula is C17H28N4. The normalized spacial score (nSPS) is 22.3. The van der Waals surface area contributed by atoms with Crippen molar-refractivity contribution in [2.45, 2.75) is 43.7 Å². The number of anilines is 1. The van der Waals surface area contributed by atoms with Crippen LogP contribution < -0.4 is 10.2 Å². The first-order valence-corrected chi connectivity index (χ1v) is 8.25. The van der Waals surface area contributed by atoms with Gasteiger partial charge in [0, 0.05) is 49.3 Å². The van der Waals surface area contributed by atoms with Crippen molar-refractivity contribution < 1.29 is 0 Å². The molecule has 4 heteroatoms. The third-order valence-electron chi connectivity index (χ3n) is 5.48. The molecule has 1 aliphatic carbocycles. The Labute approximate surface area is 128 Å². The quantitative estimate of drug-likeness (QED) is 0.899. The average molecular weight is 288 g/mol. The number of likely N-dealkylation sites (N-methyl/N-ethyl adjacent to an activating group) is 1. The van der Waals surface area contributed by atoms with E-state index in [1.165, 1.54) is 37.8 Å². The lowest BCUT2D eigenvalue weighted by Gasteiger charge is -2.48. The van der Waals surface area contributed by atoms with E-state index in [2.05, 4.69) is 46.3 Å². The van der Waals surface area contributed by atoms with Crippen LogP contribution in [0, 0.1) is 0 Å². The minimum Gasteiger partial charge on any atom is -0.371 e. The van der Waals surface area contributed by atoms with Crippen LogP contribution in [0.5, 0.6) is 0 Å². The van der Waals surface area contributed by atoms with E-state index in [0.29, 0.717) is 11.6 Å². The summed E-state index contributed by atoms with van der Waals surface area (Å²) in [5.74, 6) is 0. The Balaban J connectivity index is 1.46. The van der Waals surface area contributed by atoms with Gasteiger partial charge < -0.3 is 15.1 Å². The van der Waals surface area contributed by atoms with Gasteiger partial charge in [0.1, 0.15) is 0 Å². The Bertz CT molecular complexity index is 433. The van der Waals surface area contributed by atoms with Gasteiger partial charge in [-0.2, -0.15) is 0 Å². The van der Waals surface area contributed by atoms with Crippen molar-refractivity contribution in [1.29, 1.82) is 0 Å². The zero-order chi connectivity index (χ0) is 14.7. The Morgan fingerprint density at radius 1 is 1.24 bits per heavy atom. The van der Waals surface area contributed by atoms with Crippen molar-refractivity contribution in [2.75, 3.05) is 38.6 Å². The monoisotopic (exact) mass is 288 g/mol. The molecule has 1 saturated heterocycles. The van der Waals surface area contributed by atoms with Crippen molar-refractivity contribution in [3.8, 4) is 0 Å². The lowest BCUT2D eigenvalue weighted by Crippen LogP contribution is -2.58. The van der Waals surface area contributed by atoms with Gasteiger partial charge in [-0.25, -0.2) is 0 Å². The van der Waals surface area contributed by atoms with Crippen LogP contribution in [0.1, 0.15) is 32.1 Å². The molecule has 0 amide bonds. The summed E-state index contributed by atoms with van der Waals surface area (Å²) < 4.78 is 0. The Morgan fingerprint density at radius 3 is 2.43 bits per heavy atom. The van der Waals surface area contributed by atoms with E-state index >= 15 is 0 Å². The molecule has 2 fully saturated rings. The van der Waals surface area contributed by atoms with E-state index in [1.807, 2.05) is 12.4 Å². The standard InChI is InChI=1S/C17H28N4/c1-20(2)17(8-3-9-17)14-19-15-6-12-21(13-7-15)16-4-10-18-11-5-16/h4-5,10-11,15,19H,3,6-9,12-14H2,1-2H3. The summed E-state index contributed by atoms with van der Waals surface area (Å²) in [5, 5.41) is 3.84. The smallest absolute Gasteiger partial charge is 0.0397 e. The van der Waals surface area contributed by atoms with Gasteiger partial charge in [0.15, 0.2) is 0 Å². The lowest BCUT2D eigenvalue weighted by molar-refractivity contribution is 0.0561. The van der Waals surface area contributed by atoms with Gasteiger partial charge in [-0.15, -0.1) is 0 Å². The molecule has 4 nitrogen and oxygen atoms in total. The molecule has 0 unspecified atom stereocenters. The van der Waals surface area contributed by atoms with Gasteiger partial charge in [-0.3, -0.25) is 4.98 Å². The molecule has 0 atom stereocenters. The van der Waals surface area contributed by atoms with E-state index in [1.54, 1.807) is 0 Å². The first-order valence-electron chi connectivity index (χ1n) is 8.25. The maximum atomic E-state index is 4.10. The van der Waals surface area contributed by atoms with Crippen molar-refractivity contribution in [1.82, 2.24) is 15.2 Å². The van der Waals surface area contributed by atoms with Gasteiger partial charge in [-0.1, -0.05) is 0 Å². The third-order valence-corrected chi connectivity index (χ3v) is 5.48. The highest BCUT2D eigenvalue weighted by molar-refractivity contribution is 5.44. The highest BCUT2D eigenvalue weighted by Crippen LogP contribution is 2.35. The van der Waals surface area contributed by atoms with Crippen LogP contribution in [-0.4, -0.2) is 55.2 Å². The molecule has 2 aliphatic rings. The number of rotatable bonds is 5. The largest absolute Gasteiger partial charge is 0.371 e. The molecule has 21 heavy (non-hydrogen) atoms. The molecule has 3 rings (SSSR count). The van der Waals surface area contributed by atoms with E-state index in [9.17, 15) is 0 Å². The van der Waals surface area contributed by atoms with Gasteiger partial charge in [-0.05, 0) is 58.3 Å². The lowest BCUT2D eigenvalue weighted by atomic mass is 9.75. The van der Waals surface area contributed by atoms with Crippen molar-refractivity contribution >= 4 is 5.69 Å². The number of aromatic nitrogens is 1. The number of hydrogen-bond acceptors (Lipinski definition) is 4. The molecule has 0 aromatic carbocycles. The van der Waals surface area contributed by atoms with Gasteiger partial charge in [0.25, 0.3) is 0 Å². The molecule has 0 spiro atoms. The van der Waals surface area contributed by atoms with Crippen LogP contribution in [0.2, 0.25) is 0 Å². The Hall–Kier alpha value is -1.13. The van der Waals surface area contributed by atoms with Crippen molar-refractivity contribution in [3.63, 3.8) is 0 Å². The van der Waals surface area contributed by atoms with Crippen LogP contribution in [-0.2, 0) is 0 Å². The van der Waals surface area contributed by atoms with Crippen molar-refractivity contribution in [2.24, 2.45) is 0 Å². The second-order valence-electron chi connectivity index (χ2n) is 6.82. The minimum atomic E-state index is 0.433. The molecule has 1 aromatic heterocycles. The fourth-order valence-corrected chi connectivity index (χ4v) is 3.60. The summed E-state index contributed by atoms with van der Waals surface area (Å²) in [7, 11) is 4.46. The predicted molar refractivity (Wildman–Crippen MR) is 87.7 cm³/mol. The zero-order valence-corrected chi connectivity index (χ0v) is 13.4. The van der Waals surface area contributed by atoms with Gasteiger partial charge >= 0.3 is 0 Å². The van der Waals surface area contributed by atoms with E-state index in [-0.39, 0.29) is 0 Å². The minimum absolute atomic E-state index is 0.433.